The van der Waals surface area contributed by atoms with Gasteiger partial charge in [-0.05, 0) is 55.4 Å². The Bertz CT molecular complexity index is 1280. The topological polar surface area (TPSA) is 125 Å². The average molecular weight is 527 g/mol. The number of aromatic carboxylic acids is 1. The second-order valence-corrected chi connectivity index (χ2v) is 10.4. The summed E-state index contributed by atoms with van der Waals surface area (Å²) < 4.78 is 5.68. The molecule has 37 heavy (non-hydrogen) atoms. The van der Waals surface area contributed by atoms with Crippen molar-refractivity contribution >= 4 is 34.7 Å². The number of aliphatic carboxylic acids is 1. The maximum absolute atomic E-state index is 12.6. The Kier molecular flexibility index (Phi) is 10.3. The molecule has 0 aliphatic carbocycles. The van der Waals surface area contributed by atoms with Crippen LogP contribution in [0.15, 0.2) is 56.6 Å². The molecule has 0 aliphatic rings. The van der Waals surface area contributed by atoms with Crippen molar-refractivity contribution < 1.29 is 29.3 Å². The lowest BCUT2D eigenvalue weighted by Gasteiger charge is -2.25. The Morgan fingerprint density at radius 1 is 0.973 bits per heavy atom. The first kappa shape index (κ1) is 28.5. The molecule has 0 saturated heterocycles. The second-order valence-electron chi connectivity index (χ2n) is 9.19. The van der Waals surface area contributed by atoms with Crippen LogP contribution >= 0.6 is 11.8 Å². The summed E-state index contributed by atoms with van der Waals surface area (Å²) in [6, 6.07) is 12.6. The van der Waals surface area contributed by atoms with Crippen LogP contribution in [0.1, 0.15) is 84.9 Å². The molecular weight excluding hydrogens is 492 g/mol. The van der Waals surface area contributed by atoms with Crippen molar-refractivity contribution in [1.82, 2.24) is 0 Å². The van der Waals surface area contributed by atoms with E-state index in [0.29, 0.717) is 24.6 Å². The molecule has 0 aliphatic heterocycles. The molecule has 2 aromatic carbocycles. The van der Waals surface area contributed by atoms with Crippen LogP contribution in [0, 0.1) is 0 Å². The predicted octanol–water partition coefficient (Wildman–Crippen LogP) is 6.24. The van der Waals surface area contributed by atoms with Crippen LogP contribution in [0.5, 0.6) is 0 Å². The Labute approximate surface area is 220 Å². The van der Waals surface area contributed by atoms with E-state index >= 15 is 0 Å². The zero-order chi connectivity index (χ0) is 26.9. The summed E-state index contributed by atoms with van der Waals surface area (Å²) in [5.41, 5.74) is 2.70. The molecule has 3 rings (SSSR count). The number of aliphatic hydroxyl groups is 1. The summed E-state index contributed by atoms with van der Waals surface area (Å²) in [4.78, 5) is 35.9. The number of carboxylic acid groups (broad SMARTS) is 2. The van der Waals surface area contributed by atoms with Gasteiger partial charge in [0, 0.05) is 22.9 Å². The molecule has 0 amide bonds. The third kappa shape index (κ3) is 7.46. The number of hydrogen-bond donors (Lipinski definition) is 3. The summed E-state index contributed by atoms with van der Waals surface area (Å²) in [6.45, 7) is 4.13. The number of rotatable bonds is 14. The molecule has 3 aromatic rings. The summed E-state index contributed by atoms with van der Waals surface area (Å²) >= 11 is 1.43. The highest BCUT2D eigenvalue weighted by Crippen LogP contribution is 2.42. The highest BCUT2D eigenvalue weighted by atomic mass is 32.2. The average Bonchev–Trinajstić information content (AvgIpc) is 2.87. The predicted molar refractivity (Wildman–Crippen MR) is 145 cm³/mol. The first-order valence-corrected chi connectivity index (χ1v) is 13.6. The molecule has 0 spiro atoms. The van der Waals surface area contributed by atoms with Crippen LogP contribution in [-0.2, 0) is 17.6 Å². The fourth-order valence-electron chi connectivity index (χ4n) is 4.33. The highest BCUT2D eigenvalue weighted by Gasteiger charge is 2.25. The number of benzene rings is 2. The molecule has 2 unspecified atom stereocenters. The monoisotopic (exact) mass is 526 g/mol. The van der Waals surface area contributed by atoms with E-state index in [9.17, 15) is 24.6 Å². The van der Waals surface area contributed by atoms with Crippen molar-refractivity contribution in [3.05, 3.63) is 75.1 Å². The molecule has 0 bridgehead atoms. The van der Waals surface area contributed by atoms with Gasteiger partial charge in [0.05, 0.1) is 16.7 Å². The molecule has 8 heteroatoms. The van der Waals surface area contributed by atoms with Crippen LogP contribution in [0.2, 0.25) is 0 Å². The standard InChI is InChI=1S/C29H34O7S/c1-3-5-8-18-11-13-19(14-12-18)28(22(30)9-6-10-26(32)33)37-25-16-15-20-23(31)17-24(29(34)35)36-27(20)21(25)7-4-2/h11-17,22,28,30H,3-10H2,1-2H3,(H,32,33)(H,34,35). The summed E-state index contributed by atoms with van der Waals surface area (Å²) in [5.74, 6) is -2.62. The van der Waals surface area contributed by atoms with Gasteiger partial charge in [0.25, 0.3) is 0 Å². The lowest BCUT2D eigenvalue weighted by atomic mass is 10.00. The number of carbonyl (C=O) groups is 2. The number of aryl methyl sites for hydroxylation is 2. The number of fused-ring (bicyclic) bond motifs is 1. The van der Waals surface area contributed by atoms with Gasteiger partial charge >= 0.3 is 11.9 Å². The molecular formula is C29H34O7S. The Morgan fingerprint density at radius 2 is 1.70 bits per heavy atom. The fraction of sp³-hybridized carbons (Fsp3) is 0.414. The van der Waals surface area contributed by atoms with Crippen molar-refractivity contribution in [2.24, 2.45) is 0 Å². The molecule has 0 fully saturated rings. The molecule has 2 atom stereocenters. The van der Waals surface area contributed by atoms with E-state index in [0.717, 1.165) is 47.8 Å². The SMILES string of the molecule is CCCCc1ccc(C(Sc2ccc3c(=O)cc(C(=O)O)oc3c2CCC)C(O)CCCC(=O)O)cc1. The van der Waals surface area contributed by atoms with Gasteiger partial charge in [-0.25, -0.2) is 4.79 Å². The molecule has 3 N–H and O–H groups in total. The molecule has 1 aromatic heterocycles. The number of aliphatic hydroxyl groups excluding tert-OH is 1. The van der Waals surface area contributed by atoms with E-state index in [4.69, 9.17) is 9.52 Å². The van der Waals surface area contributed by atoms with Gasteiger partial charge in [-0.3, -0.25) is 9.59 Å². The van der Waals surface area contributed by atoms with Gasteiger partial charge in [-0.1, -0.05) is 51.0 Å². The van der Waals surface area contributed by atoms with Crippen LogP contribution < -0.4 is 5.43 Å². The summed E-state index contributed by atoms with van der Waals surface area (Å²) in [7, 11) is 0. The van der Waals surface area contributed by atoms with Crippen molar-refractivity contribution in [3.63, 3.8) is 0 Å². The van der Waals surface area contributed by atoms with Gasteiger partial charge in [-0.2, -0.15) is 0 Å². The van der Waals surface area contributed by atoms with Crippen molar-refractivity contribution in [1.29, 1.82) is 0 Å². The Balaban J connectivity index is 2.04. The van der Waals surface area contributed by atoms with Crippen LogP contribution in [0.25, 0.3) is 11.0 Å². The van der Waals surface area contributed by atoms with Gasteiger partial charge in [-0.15, -0.1) is 11.8 Å². The molecule has 7 nitrogen and oxygen atoms in total. The second kappa shape index (κ2) is 13.4. The quantitative estimate of drug-likeness (QED) is 0.211. The van der Waals surface area contributed by atoms with Gasteiger partial charge < -0.3 is 19.7 Å². The first-order chi connectivity index (χ1) is 17.7. The lowest BCUT2D eigenvalue weighted by Crippen LogP contribution is -2.17. The largest absolute Gasteiger partial charge is 0.481 e. The van der Waals surface area contributed by atoms with Crippen LogP contribution in [0.4, 0.5) is 0 Å². The summed E-state index contributed by atoms with van der Waals surface area (Å²) in [6.07, 6.45) is 4.30. The van der Waals surface area contributed by atoms with Gasteiger partial charge in [0.1, 0.15) is 5.58 Å². The van der Waals surface area contributed by atoms with Crippen LogP contribution in [-0.4, -0.2) is 33.4 Å². The minimum Gasteiger partial charge on any atom is -0.481 e. The third-order valence-electron chi connectivity index (χ3n) is 6.29. The minimum atomic E-state index is -1.31. The molecule has 0 saturated carbocycles. The summed E-state index contributed by atoms with van der Waals surface area (Å²) in [5, 5.41) is 29.5. The van der Waals surface area contributed by atoms with Crippen molar-refractivity contribution in [3.8, 4) is 0 Å². The first-order valence-electron chi connectivity index (χ1n) is 12.7. The smallest absolute Gasteiger partial charge is 0.371 e. The normalized spacial score (nSPS) is 12.9. The maximum Gasteiger partial charge on any atom is 0.371 e. The number of unbranched alkanes of at least 4 members (excludes halogenated alkanes) is 1. The van der Waals surface area contributed by atoms with E-state index in [1.165, 1.54) is 17.3 Å². The van der Waals surface area contributed by atoms with E-state index in [2.05, 4.69) is 19.1 Å². The highest BCUT2D eigenvalue weighted by molar-refractivity contribution is 7.99. The third-order valence-corrected chi connectivity index (χ3v) is 7.77. The fourth-order valence-corrected chi connectivity index (χ4v) is 5.68. The maximum atomic E-state index is 12.6. The van der Waals surface area contributed by atoms with Crippen molar-refractivity contribution in [2.45, 2.75) is 81.5 Å². The van der Waals surface area contributed by atoms with Gasteiger partial charge in [0.15, 0.2) is 5.43 Å². The van der Waals surface area contributed by atoms with Crippen LogP contribution in [0.3, 0.4) is 0 Å². The molecule has 1 heterocycles. The minimum absolute atomic E-state index is 0.0232. The zero-order valence-electron chi connectivity index (χ0n) is 21.2. The van der Waals surface area contributed by atoms with Crippen molar-refractivity contribution in [2.75, 3.05) is 0 Å². The number of hydrogen-bond acceptors (Lipinski definition) is 6. The number of carboxylic acids is 2. The van der Waals surface area contributed by atoms with E-state index in [1.54, 1.807) is 6.07 Å². The molecule has 198 valence electrons. The Hall–Kier alpha value is -3.10. The Morgan fingerprint density at radius 3 is 2.32 bits per heavy atom. The molecule has 0 radical (unpaired) electrons. The number of thioether (sulfide) groups is 1. The van der Waals surface area contributed by atoms with E-state index in [1.807, 2.05) is 25.1 Å². The van der Waals surface area contributed by atoms with E-state index in [-0.39, 0.29) is 12.0 Å². The zero-order valence-corrected chi connectivity index (χ0v) is 22.1. The van der Waals surface area contributed by atoms with Gasteiger partial charge in [0.2, 0.25) is 5.76 Å². The van der Waals surface area contributed by atoms with E-state index < -0.39 is 34.5 Å². The lowest BCUT2D eigenvalue weighted by molar-refractivity contribution is -0.137.